The zero-order valence-electron chi connectivity index (χ0n) is 6.32. The maximum atomic E-state index is 3.77. The molecule has 0 radical (unpaired) electrons. The molecule has 10 heavy (non-hydrogen) atoms. The summed E-state index contributed by atoms with van der Waals surface area (Å²) >= 11 is 7.54. The minimum absolute atomic E-state index is 0.866. The average Bonchev–Trinajstić information content (AvgIpc) is 1.88. The van der Waals surface area contributed by atoms with E-state index in [9.17, 15) is 0 Å². The minimum atomic E-state index is -0.866. The molecule has 1 fully saturated rings. The van der Waals surface area contributed by atoms with E-state index >= 15 is 0 Å². The normalized spacial score (nSPS) is 23.1. The molecule has 60 valence electrons. The molecule has 1 aliphatic rings. The van der Waals surface area contributed by atoms with E-state index in [4.69, 9.17) is 0 Å². The van der Waals surface area contributed by atoms with Crippen molar-refractivity contribution in [1.82, 2.24) is 0 Å². The van der Waals surface area contributed by atoms with Gasteiger partial charge in [0.25, 0.3) is 0 Å². The largest absolute Gasteiger partial charge is 0.153 e. The fraction of sp³-hybridized carbons (Fsp3) is 1.00. The standard InChI is InChI=1S/C7H14Br2P/c1-10(8,9)7-5-3-2-4-6-7/h7H,2-6H2,1H3/q+1. The van der Waals surface area contributed by atoms with Gasteiger partial charge in [-0.2, -0.15) is 0 Å². The van der Waals surface area contributed by atoms with Crippen molar-refractivity contribution >= 4 is 35.6 Å². The minimum Gasteiger partial charge on any atom is -0.0530 e. The summed E-state index contributed by atoms with van der Waals surface area (Å²) < 4.78 is -0.866. The Morgan fingerprint density at radius 1 is 1.10 bits per heavy atom. The van der Waals surface area contributed by atoms with E-state index in [0.717, 1.165) is 5.66 Å². The highest BCUT2D eigenvalue weighted by Crippen LogP contribution is 2.76. The van der Waals surface area contributed by atoms with Gasteiger partial charge in [-0.05, 0) is 25.7 Å². The Balaban J connectivity index is 2.39. The van der Waals surface area contributed by atoms with Crippen molar-refractivity contribution < 1.29 is 0 Å². The number of hydrogen-bond acceptors (Lipinski definition) is 0. The highest BCUT2D eigenvalue weighted by atomic mass is 79.9. The third kappa shape index (κ3) is 2.79. The van der Waals surface area contributed by atoms with Gasteiger partial charge >= 0.3 is 0 Å². The van der Waals surface area contributed by atoms with Crippen LogP contribution in [-0.4, -0.2) is 12.3 Å². The van der Waals surface area contributed by atoms with Crippen molar-refractivity contribution in [2.75, 3.05) is 6.66 Å². The Bertz CT molecular complexity index is 103. The van der Waals surface area contributed by atoms with Crippen LogP contribution in [0.3, 0.4) is 0 Å². The van der Waals surface area contributed by atoms with Gasteiger partial charge in [-0.15, -0.1) is 0 Å². The van der Waals surface area contributed by atoms with Gasteiger partial charge in [0.05, 0.1) is 12.3 Å². The first-order valence-electron chi connectivity index (χ1n) is 3.86. The van der Waals surface area contributed by atoms with Gasteiger partial charge in [-0.1, -0.05) is 6.42 Å². The van der Waals surface area contributed by atoms with Crippen LogP contribution in [0.1, 0.15) is 32.1 Å². The van der Waals surface area contributed by atoms with Gasteiger partial charge in [0.2, 0.25) is 0 Å². The van der Waals surface area contributed by atoms with E-state index in [-0.39, 0.29) is 0 Å². The van der Waals surface area contributed by atoms with Gasteiger partial charge in [-0.3, -0.25) is 0 Å². The Morgan fingerprint density at radius 2 is 1.60 bits per heavy atom. The molecule has 0 N–H and O–H groups in total. The van der Waals surface area contributed by atoms with E-state index < -0.39 is 4.67 Å². The van der Waals surface area contributed by atoms with E-state index in [2.05, 4.69) is 37.6 Å². The summed E-state index contributed by atoms with van der Waals surface area (Å²) in [5.41, 5.74) is 0.946. The smallest absolute Gasteiger partial charge is 0.0530 e. The molecule has 0 heterocycles. The predicted octanol–water partition coefficient (Wildman–Crippen LogP) is 4.59. The summed E-state index contributed by atoms with van der Waals surface area (Å²) in [7, 11) is 0. The third-order valence-corrected chi connectivity index (χ3v) is 7.49. The Morgan fingerprint density at radius 3 is 1.90 bits per heavy atom. The summed E-state index contributed by atoms with van der Waals surface area (Å²) in [5.74, 6) is 0. The summed E-state index contributed by atoms with van der Waals surface area (Å²) in [4.78, 5) is 0. The predicted molar refractivity (Wildman–Crippen MR) is 57.6 cm³/mol. The fourth-order valence-electron chi connectivity index (χ4n) is 1.53. The second-order valence-electron chi connectivity index (χ2n) is 3.15. The second kappa shape index (κ2) is 3.87. The molecule has 0 nitrogen and oxygen atoms in total. The molecule has 0 bridgehead atoms. The lowest BCUT2D eigenvalue weighted by Gasteiger charge is -2.23. The highest BCUT2D eigenvalue weighted by Gasteiger charge is 2.37. The molecule has 0 aromatic rings. The SMILES string of the molecule is C[P+](Br)(Br)C1CCCCC1. The topological polar surface area (TPSA) is 0 Å². The van der Waals surface area contributed by atoms with Crippen LogP contribution >= 0.6 is 35.6 Å². The van der Waals surface area contributed by atoms with Crippen molar-refractivity contribution in [3.8, 4) is 0 Å². The molecule has 0 atom stereocenters. The maximum Gasteiger partial charge on any atom is 0.153 e. The lowest BCUT2D eigenvalue weighted by Crippen LogP contribution is -2.10. The molecule has 0 aromatic carbocycles. The number of hydrogen-bond donors (Lipinski definition) is 0. The van der Waals surface area contributed by atoms with Crippen molar-refractivity contribution in [1.29, 1.82) is 0 Å². The zero-order chi connectivity index (χ0) is 7.61. The first-order valence-corrected chi connectivity index (χ1v) is 10.2. The molecule has 3 heteroatoms. The van der Waals surface area contributed by atoms with E-state index in [1.807, 2.05) is 0 Å². The molecule has 0 aliphatic heterocycles. The lowest BCUT2D eigenvalue weighted by molar-refractivity contribution is 0.513. The molecule has 1 saturated carbocycles. The molecule has 0 saturated heterocycles. The van der Waals surface area contributed by atoms with Crippen molar-refractivity contribution in [2.45, 2.75) is 37.8 Å². The lowest BCUT2D eigenvalue weighted by atomic mass is 10.0. The molecule has 1 rings (SSSR count). The first-order chi connectivity index (χ1) is 4.61. The van der Waals surface area contributed by atoms with Gasteiger partial charge in [0.15, 0.2) is 35.6 Å². The van der Waals surface area contributed by atoms with Crippen LogP contribution in [-0.2, 0) is 0 Å². The van der Waals surface area contributed by atoms with E-state index in [1.54, 1.807) is 0 Å². The molecular formula is C7H14Br2P+. The first kappa shape index (κ1) is 9.48. The van der Waals surface area contributed by atoms with E-state index in [1.165, 1.54) is 32.1 Å². The highest BCUT2D eigenvalue weighted by molar-refractivity contribution is 9.72. The Labute approximate surface area is 80.0 Å². The molecule has 0 unspecified atom stereocenters. The summed E-state index contributed by atoms with van der Waals surface area (Å²) in [6.45, 7) is 2.32. The summed E-state index contributed by atoms with van der Waals surface area (Å²) in [6, 6.07) is 0. The van der Waals surface area contributed by atoms with Gasteiger partial charge in [0, 0.05) is 0 Å². The molecule has 0 amide bonds. The number of rotatable bonds is 1. The molecule has 0 aromatic heterocycles. The van der Waals surface area contributed by atoms with Crippen molar-refractivity contribution in [2.24, 2.45) is 0 Å². The maximum absolute atomic E-state index is 3.77. The Hall–Kier alpha value is 1.39. The van der Waals surface area contributed by atoms with E-state index in [0.29, 0.717) is 0 Å². The quantitative estimate of drug-likeness (QED) is 0.619. The van der Waals surface area contributed by atoms with Crippen LogP contribution in [0.2, 0.25) is 0 Å². The zero-order valence-corrected chi connectivity index (χ0v) is 10.4. The van der Waals surface area contributed by atoms with Gasteiger partial charge in [-0.25, -0.2) is 0 Å². The van der Waals surface area contributed by atoms with Gasteiger partial charge in [0.1, 0.15) is 0 Å². The monoisotopic (exact) mass is 287 g/mol. The molecule has 1 aliphatic carbocycles. The van der Waals surface area contributed by atoms with Crippen LogP contribution in [0, 0.1) is 0 Å². The van der Waals surface area contributed by atoms with Crippen LogP contribution in [0.4, 0.5) is 0 Å². The van der Waals surface area contributed by atoms with Crippen molar-refractivity contribution in [3.05, 3.63) is 0 Å². The number of halogens is 2. The summed E-state index contributed by atoms with van der Waals surface area (Å²) in [6.07, 6.45) is 7.20. The second-order valence-corrected chi connectivity index (χ2v) is 17.3. The van der Waals surface area contributed by atoms with Gasteiger partial charge < -0.3 is 0 Å². The van der Waals surface area contributed by atoms with Crippen LogP contribution in [0.25, 0.3) is 0 Å². The average molecular weight is 289 g/mol. The van der Waals surface area contributed by atoms with Crippen LogP contribution in [0.15, 0.2) is 0 Å². The molecule has 0 spiro atoms. The van der Waals surface area contributed by atoms with Crippen LogP contribution in [0.5, 0.6) is 0 Å². The fourth-order valence-corrected chi connectivity index (χ4v) is 5.26. The summed E-state index contributed by atoms with van der Waals surface area (Å²) in [5, 5.41) is 0. The molecular weight excluding hydrogens is 275 g/mol. The van der Waals surface area contributed by atoms with Crippen LogP contribution < -0.4 is 0 Å². The third-order valence-electron chi connectivity index (χ3n) is 2.22. The Kier molecular flexibility index (Phi) is 3.67. The van der Waals surface area contributed by atoms with Crippen molar-refractivity contribution in [3.63, 3.8) is 0 Å².